The van der Waals surface area contributed by atoms with E-state index in [9.17, 15) is 4.79 Å². The Hall–Kier alpha value is -2.67. The molecule has 1 aromatic carbocycles. The Morgan fingerprint density at radius 1 is 1.16 bits per heavy atom. The van der Waals surface area contributed by atoms with Crippen molar-refractivity contribution in [2.24, 2.45) is 0 Å². The van der Waals surface area contributed by atoms with Crippen LogP contribution < -0.4 is 0 Å². The molecule has 1 amide bonds. The van der Waals surface area contributed by atoms with Crippen molar-refractivity contribution in [2.75, 3.05) is 5.75 Å². The Kier molecular flexibility index (Phi) is 4.23. The molecule has 7 heteroatoms. The second-order valence-corrected chi connectivity index (χ2v) is 6.96. The number of nitrogens with one attached hydrogen (secondary N) is 1. The third-order valence-corrected chi connectivity index (χ3v) is 5.28. The Bertz CT molecular complexity index is 878. The minimum atomic E-state index is -0.0828. The number of carbonyl (C=O) groups is 1. The van der Waals surface area contributed by atoms with E-state index in [0.29, 0.717) is 12.3 Å². The monoisotopic (exact) mass is 351 g/mol. The van der Waals surface area contributed by atoms with Gasteiger partial charge >= 0.3 is 0 Å². The molecule has 0 bridgehead atoms. The number of aryl methyl sites for hydroxylation is 1. The lowest BCUT2D eigenvalue weighted by atomic mass is 10.2. The number of rotatable bonds is 4. The summed E-state index contributed by atoms with van der Waals surface area (Å²) in [6.45, 7) is 2.34. The van der Waals surface area contributed by atoms with E-state index in [1.165, 1.54) is 0 Å². The van der Waals surface area contributed by atoms with Gasteiger partial charge in [-0.05, 0) is 6.92 Å². The summed E-state index contributed by atoms with van der Waals surface area (Å²) in [5, 5.41) is -0.0828. The maximum Gasteiger partial charge on any atom is 0.234 e. The van der Waals surface area contributed by atoms with Gasteiger partial charge in [0.15, 0.2) is 0 Å². The summed E-state index contributed by atoms with van der Waals surface area (Å²) in [7, 11) is 0. The van der Waals surface area contributed by atoms with Gasteiger partial charge in [-0.3, -0.25) is 14.8 Å². The van der Waals surface area contributed by atoms with E-state index < -0.39 is 0 Å². The number of nitrogens with zero attached hydrogens (tertiary/aromatic N) is 4. The summed E-state index contributed by atoms with van der Waals surface area (Å²) in [6.07, 6.45) is 5.26. The zero-order valence-corrected chi connectivity index (χ0v) is 14.5. The number of carbonyl (C=O) groups excluding carboxylic acids is 1. The van der Waals surface area contributed by atoms with E-state index in [0.717, 1.165) is 28.5 Å². The van der Waals surface area contributed by atoms with Crippen LogP contribution in [0.3, 0.4) is 0 Å². The van der Waals surface area contributed by atoms with Gasteiger partial charge in [-0.2, -0.15) is 0 Å². The highest BCUT2D eigenvalue weighted by atomic mass is 32.2. The summed E-state index contributed by atoms with van der Waals surface area (Å²) in [6, 6.07) is 9.95. The first-order valence-corrected chi connectivity index (χ1v) is 9.04. The predicted octanol–water partition coefficient (Wildman–Crippen LogP) is 2.95. The lowest BCUT2D eigenvalue weighted by molar-refractivity contribution is -0.128. The van der Waals surface area contributed by atoms with E-state index >= 15 is 0 Å². The first-order chi connectivity index (χ1) is 12.2. The first kappa shape index (κ1) is 15.8. The van der Waals surface area contributed by atoms with Gasteiger partial charge in [0.05, 0.1) is 41.8 Å². The normalized spacial score (nSPS) is 17.2. The molecule has 0 spiro atoms. The van der Waals surface area contributed by atoms with Crippen LogP contribution in [0.5, 0.6) is 0 Å². The fraction of sp³-hybridized carbons (Fsp3) is 0.222. The van der Waals surface area contributed by atoms with Crippen LogP contribution in [0.4, 0.5) is 0 Å². The Morgan fingerprint density at radius 2 is 2.00 bits per heavy atom. The number of benzene rings is 1. The Labute approximate surface area is 149 Å². The molecule has 3 aromatic rings. The molecule has 126 valence electrons. The lowest BCUT2D eigenvalue weighted by Crippen LogP contribution is -2.28. The maximum absolute atomic E-state index is 12.3. The van der Waals surface area contributed by atoms with Gasteiger partial charge in [0.25, 0.3) is 0 Å². The van der Waals surface area contributed by atoms with Gasteiger partial charge < -0.3 is 9.88 Å². The summed E-state index contributed by atoms with van der Waals surface area (Å²) in [4.78, 5) is 30.6. The molecule has 4 rings (SSSR count). The topological polar surface area (TPSA) is 74.8 Å². The van der Waals surface area contributed by atoms with Crippen molar-refractivity contribution in [3.63, 3.8) is 0 Å². The molecule has 1 fully saturated rings. The first-order valence-electron chi connectivity index (χ1n) is 7.99. The minimum absolute atomic E-state index is 0.0828. The van der Waals surface area contributed by atoms with E-state index in [-0.39, 0.29) is 11.3 Å². The predicted molar refractivity (Wildman–Crippen MR) is 96.5 cm³/mol. The third kappa shape index (κ3) is 3.28. The van der Waals surface area contributed by atoms with Crippen molar-refractivity contribution in [1.29, 1.82) is 0 Å². The maximum atomic E-state index is 12.3. The van der Waals surface area contributed by atoms with E-state index in [4.69, 9.17) is 0 Å². The number of aromatic nitrogens is 4. The molecule has 6 nitrogen and oxygen atoms in total. The van der Waals surface area contributed by atoms with Crippen LogP contribution in [-0.2, 0) is 11.3 Å². The van der Waals surface area contributed by atoms with Crippen LogP contribution in [0.25, 0.3) is 11.4 Å². The lowest BCUT2D eigenvalue weighted by Gasteiger charge is -2.22. The second kappa shape index (κ2) is 6.68. The van der Waals surface area contributed by atoms with Gasteiger partial charge in [-0.1, -0.05) is 30.3 Å². The molecule has 3 heterocycles. The molecule has 1 aliphatic rings. The SMILES string of the molecule is Cc1cnc(CN2C(=O)CSC2c2cnc(-c3ccccc3)[nH]2)cn1. The van der Waals surface area contributed by atoms with E-state index in [1.807, 2.05) is 48.4 Å². The zero-order valence-electron chi connectivity index (χ0n) is 13.7. The number of hydrogen-bond acceptors (Lipinski definition) is 5. The Morgan fingerprint density at radius 3 is 2.76 bits per heavy atom. The fourth-order valence-corrected chi connectivity index (χ4v) is 3.90. The molecular formula is C18H17N5OS. The standard InChI is InChI=1S/C18H17N5OS/c1-12-7-20-14(8-19-12)10-23-16(24)11-25-18(23)15-9-21-17(22-15)13-5-3-2-4-6-13/h2-9,18H,10-11H2,1H3,(H,21,22). The molecule has 1 aliphatic heterocycles. The van der Waals surface area contributed by atoms with Crippen molar-refractivity contribution < 1.29 is 4.79 Å². The van der Waals surface area contributed by atoms with Gasteiger partial charge in [-0.15, -0.1) is 11.8 Å². The van der Waals surface area contributed by atoms with Crippen LogP contribution in [0.1, 0.15) is 22.5 Å². The third-order valence-electron chi connectivity index (χ3n) is 4.04. The average molecular weight is 351 g/mol. The highest BCUT2D eigenvalue weighted by molar-refractivity contribution is 8.00. The molecule has 2 aromatic heterocycles. The number of aromatic amines is 1. The average Bonchev–Trinajstić information content (AvgIpc) is 3.25. The van der Waals surface area contributed by atoms with E-state index in [2.05, 4.69) is 19.9 Å². The molecule has 25 heavy (non-hydrogen) atoms. The highest BCUT2D eigenvalue weighted by Crippen LogP contribution is 2.39. The zero-order chi connectivity index (χ0) is 17.2. The summed E-state index contributed by atoms with van der Waals surface area (Å²) >= 11 is 1.60. The van der Waals surface area contributed by atoms with Crippen molar-refractivity contribution >= 4 is 17.7 Å². The molecule has 1 unspecified atom stereocenters. The highest BCUT2D eigenvalue weighted by Gasteiger charge is 2.34. The molecule has 1 N–H and O–H groups in total. The molecular weight excluding hydrogens is 334 g/mol. The van der Waals surface area contributed by atoms with Gasteiger partial charge in [0.2, 0.25) is 5.91 Å². The number of thioether (sulfide) groups is 1. The Balaban J connectivity index is 1.57. The van der Waals surface area contributed by atoms with Crippen molar-refractivity contribution in [3.05, 3.63) is 66.0 Å². The number of imidazole rings is 1. The number of hydrogen-bond donors (Lipinski definition) is 1. The molecule has 1 saturated heterocycles. The summed E-state index contributed by atoms with van der Waals surface area (Å²) in [5.74, 6) is 1.38. The fourth-order valence-electron chi connectivity index (χ4n) is 2.76. The van der Waals surface area contributed by atoms with Crippen LogP contribution in [0.15, 0.2) is 48.9 Å². The van der Waals surface area contributed by atoms with Gasteiger partial charge in [-0.25, -0.2) is 4.98 Å². The molecule has 0 radical (unpaired) electrons. The van der Waals surface area contributed by atoms with Crippen LogP contribution in [0.2, 0.25) is 0 Å². The largest absolute Gasteiger partial charge is 0.339 e. The number of H-pyrrole nitrogens is 1. The molecule has 0 aliphatic carbocycles. The summed E-state index contributed by atoms with van der Waals surface area (Å²) in [5.41, 5.74) is 3.60. The van der Waals surface area contributed by atoms with Crippen molar-refractivity contribution in [1.82, 2.24) is 24.8 Å². The van der Waals surface area contributed by atoms with Crippen LogP contribution in [0, 0.1) is 6.92 Å². The summed E-state index contributed by atoms with van der Waals surface area (Å²) < 4.78 is 0. The number of amides is 1. The van der Waals surface area contributed by atoms with Gasteiger partial charge in [0, 0.05) is 11.8 Å². The van der Waals surface area contributed by atoms with Crippen molar-refractivity contribution in [3.8, 4) is 11.4 Å². The second-order valence-electron chi connectivity index (χ2n) is 5.89. The molecule has 0 saturated carbocycles. The smallest absolute Gasteiger partial charge is 0.234 e. The minimum Gasteiger partial charge on any atom is -0.339 e. The molecule has 1 atom stereocenters. The van der Waals surface area contributed by atoms with Crippen molar-refractivity contribution in [2.45, 2.75) is 18.8 Å². The van der Waals surface area contributed by atoms with Gasteiger partial charge in [0.1, 0.15) is 11.2 Å². The van der Waals surface area contributed by atoms with Crippen LogP contribution in [-0.4, -0.2) is 36.5 Å². The van der Waals surface area contributed by atoms with E-state index in [1.54, 1.807) is 24.2 Å². The quantitative estimate of drug-likeness (QED) is 0.782. The van der Waals surface area contributed by atoms with Crippen LogP contribution >= 0.6 is 11.8 Å².